The first kappa shape index (κ1) is 25.3. The first-order valence-electron chi connectivity index (χ1n) is 12.1. The van der Waals surface area contributed by atoms with E-state index in [1.807, 2.05) is 50.4 Å². The molecule has 1 aromatic heterocycles. The quantitative estimate of drug-likeness (QED) is 0.179. The first-order valence-corrected chi connectivity index (χ1v) is 12.1. The molecular weight excluding hydrogens is 462 g/mol. The predicted octanol–water partition coefficient (Wildman–Crippen LogP) is 3.83. The summed E-state index contributed by atoms with van der Waals surface area (Å²) in [6, 6.07) is 9.24. The van der Waals surface area contributed by atoms with Crippen LogP contribution >= 0.6 is 0 Å². The van der Waals surface area contributed by atoms with Gasteiger partial charge in [0.05, 0.1) is 18.7 Å². The Morgan fingerprint density at radius 1 is 1.19 bits per heavy atom. The highest BCUT2D eigenvalue weighted by Gasteiger charge is 2.55. The number of hydrogen-bond acceptors (Lipinski definition) is 8. The zero-order chi connectivity index (χ0) is 26.0. The molecule has 0 bridgehead atoms. The maximum Gasteiger partial charge on any atom is 0.334 e. The van der Waals surface area contributed by atoms with Crippen LogP contribution in [0.3, 0.4) is 0 Å². The van der Waals surface area contributed by atoms with Crippen LogP contribution < -0.4 is 0 Å². The van der Waals surface area contributed by atoms with E-state index in [0.717, 1.165) is 16.7 Å². The predicted molar refractivity (Wildman–Crippen MR) is 130 cm³/mol. The van der Waals surface area contributed by atoms with E-state index < -0.39 is 36.1 Å². The molecule has 1 aromatic carbocycles. The minimum Gasteiger partial charge on any atom is -0.466 e. The Labute approximate surface area is 210 Å². The number of nitrogens with zero attached hydrogens (tertiary/aromatic N) is 3. The Kier molecular flexibility index (Phi) is 7.37. The zero-order valence-electron chi connectivity index (χ0n) is 21.0. The molecule has 2 aromatic rings. The van der Waals surface area contributed by atoms with Gasteiger partial charge in [0.25, 0.3) is 0 Å². The van der Waals surface area contributed by atoms with Crippen LogP contribution in [0.15, 0.2) is 59.8 Å². The SMILES string of the molecule is C=C1C(=O)O[C@H]2[C@@H]1[C@H](OC(C)=O)C([C@@H](C)CCCOC(C)=O)=C(C)[C@H]2n1cc(-c2ccccc2)nn1. The van der Waals surface area contributed by atoms with Crippen molar-refractivity contribution < 1.29 is 28.6 Å². The van der Waals surface area contributed by atoms with Crippen molar-refractivity contribution in [1.29, 1.82) is 0 Å². The summed E-state index contributed by atoms with van der Waals surface area (Å²) in [7, 11) is 0. The number of hydrogen-bond donors (Lipinski definition) is 0. The fraction of sp³-hybridized carbons (Fsp3) is 0.444. The number of rotatable bonds is 8. The van der Waals surface area contributed by atoms with Crippen molar-refractivity contribution in [1.82, 2.24) is 15.0 Å². The Morgan fingerprint density at radius 3 is 2.58 bits per heavy atom. The van der Waals surface area contributed by atoms with Gasteiger partial charge in [-0.05, 0) is 36.8 Å². The van der Waals surface area contributed by atoms with E-state index in [9.17, 15) is 14.4 Å². The van der Waals surface area contributed by atoms with Gasteiger partial charge in [0.2, 0.25) is 0 Å². The smallest absolute Gasteiger partial charge is 0.334 e. The van der Waals surface area contributed by atoms with E-state index in [-0.39, 0.29) is 17.5 Å². The molecule has 0 N–H and O–H groups in total. The Balaban J connectivity index is 1.75. The molecule has 2 heterocycles. The van der Waals surface area contributed by atoms with Gasteiger partial charge in [0.1, 0.15) is 23.9 Å². The van der Waals surface area contributed by atoms with E-state index >= 15 is 0 Å². The molecule has 190 valence electrons. The van der Waals surface area contributed by atoms with E-state index in [1.54, 1.807) is 4.68 Å². The molecule has 9 heteroatoms. The second-order valence-corrected chi connectivity index (χ2v) is 9.37. The van der Waals surface area contributed by atoms with Crippen LogP contribution in [0.5, 0.6) is 0 Å². The molecule has 2 aliphatic rings. The van der Waals surface area contributed by atoms with Gasteiger partial charge < -0.3 is 14.2 Å². The normalized spacial score (nSPS) is 24.2. The lowest BCUT2D eigenvalue weighted by atomic mass is 9.71. The second kappa shape index (κ2) is 10.5. The fourth-order valence-electron chi connectivity index (χ4n) is 5.31. The molecule has 36 heavy (non-hydrogen) atoms. The summed E-state index contributed by atoms with van der Waals surface area (Å²) in [5.74, 6) is -1.87. The molecule has 0 saturated carbocycles. The zero-order valence-corrected chi connectivity index (χ0v) is 21.0. The van der Waals surface area contributed by atoms with E-state index in [2.05, 4.69) is 16.9 Å². The maximum atomic E-state index is 12.7. The molecule has 5 atom stereocenters. The van der Waals surface area contributed by atoms with Gasteiger partial charge >= 0.3 is 17.9 Å². The number of ether oxygens (including phenoxy) is 3. The lowest BCUT2D eigenvalue weighted by Crippen LogP contribution is -2.46. The largest absolute Gasteiger partial charge is 0.466 e. The van der Waals surface area contributed by atoms with Crippen LogP contribution in [0.4, 0.5) is 0 Å². The monoisotopic (exact) mass is 493 g/mol. The number of aromatic nitrogens is 3. The lowest BCUT2D eigenvalue weighted by molar-refractivity contribution is -0.150. The Bertz CT molecular complexity index is 1200. The molecule has 0 spiro atoms. The Morgan fingerprint density at radius 2 is 1.92 bits per heavy atom. The average Bonchev–Trinajstić information content (AvgIpc) is 3.42. The summed E-state index contributed by atoms with van der Waals surface area (Å²) in [5, 5.41) is 8.75. The third-order valence-corrected chi connectivity index (χ3v) is 6.88. The summed E-state index contributed by atoms with van der Waals surface area (Å²) in [6.45, 7) is 11.0. The van der Waals surface area contributed by atoms with Crippen LogP contribution in [-0.2, 0) is 28.6 Å². The van der Waals surface area contributed by atoms with Gasteiger partial charge in [0.15, 0.2) is 0 Å². The molecule has 4 rings (SSSR count). The minimum atomic E-state index is -0.691. The van der Waals surface area contributed by atoms with E-state index in [4.69, 9.17) is 14.2 Å². The van der Waals surface area contributed by atoms with Gasteiger partial charge in [-0.2, -0.15) is 0 Å². The Hall–Kier alpha value is -3.75. The number of benzene rings is 1. The number of fused-ring (bicyclic) bond motifs is 1. The van der Waals surface area contributed by atoms with Gasteiger partial charge in [-0.1, -0.05) is 49.0 Å². The van der Waals surface area contributed by atoms with Gasteiger partial charge in [-0.25, -0.2) is 9.48 Å². The van der Waals surface area contributed by atoms with Crippen molar-refractivity contribution in [3.8, 4) is 11.3 Å². The van der Waals surface area contributed by atoms with Crippen molar-refractivity contribution >= 4 is 17.9 Å². The number of esters is 3. The van der Waals surface area contributed by atoms with Gasteiger partial charge in [-0.3, -0.25) is 9.59 Å². The summed E-state index contributed by atoms with van der Waals surface area (Å²) in [6.07, 6.45) is 1.83. The molecule has 0 amide bonds. The van der Waals surface area contributed by atoms with E-state index in [0.29, 0.717) is 25.1 Å². The third-order valence-electron chi connectivity index (χ3n) is 6.88. The molecule has 0 radical (unpaired) electrons. The van der Waals surface area contributed by atoms with Crippen molar-refractivity contribution in [3.05, 3.63) is 59.8 Å². The highest BCUT2D eigenvalue weighted by atomic mass is 16.6. The first-order chi connectivity index (χ1) is 17.2. The van der Waals surface area contributed by atoms with Crippen LogP contribution in [0.1, 0.15) is 46.6 Å². The van der Waals surface area contributed by atoms with Crippen molar-refractivity contribution in [2.24, 2.45) is 11.8 Å². The van der Waals surface area contributed by atoms with Crippen LogP contribution in [0.25, 0.3) is 11.3 Å². The third kappa shape index (κ3) is 4.96. The highest BCUT2D eigenvalue weighted by molar-refractivity contribution is 5.91. The number of carbonyl (C=O) groups is 3. The fourth-order valence-corrected chi connectivity index (χ4v) is 5.31. The van der Waals surface area contributed by atoms with Gasteiger partial charge in [-0.15, -0.1) is 5.10 Å². The minimum absolute atomic E-state index is 0.0334. The number of carbonyl (C=O) groups excluding carboxylic acids is 3. The van der Waals surface area contributed by atoms with Crippen LogP contribution in [0, 0.1) is 11.8 Å². The topological polar surface area (TPSA) is 110 Å². The molecule has 0 unspecified atom stereocenters. The van der Waals surface area contributed by atoms with E-state index in [1.165, 1.54) is 13.8 Å². The molecule has 1 saturated heterocycles. The summed E-state index contributed by atoms with van der Waals surface area (Å²) >= 11 is 0. The molecule has 1 aliphatic carbocycles. The van der Waals surface area contributed by atoms with Crippen molar-refractivity contribution in [3.63, 3.8) is 0 Å². The molecular formula is C27H31N3O6. The van der Waals surface area contributed by atoms with Crippen molar-refractivity contribution in [2.45, 2.75) is 58.8 Å². The standard InChI is InChI=1S/C27H31N3O6/c1-15(10-9-13-34-18(4)31)22-16(2)24(30-14-21(28-29-30)20-11-7-6-8-12-20)26-23(17(3)27(33)36-26)25(22)35-19(5)32/h6-8,11-12,14-15,23-26H,3,9-10,13H2,1-2,4-5H3/t15-,23-,24+,25+,26-/m0/s1. The summed E-state index contributed by atoms with van der Waals surface area (Å²) in [5.41, 5.74) is 3.69. The summed E-state index contributed by atoms with van der Waals surface area (Å²) in [4.78, 5) is 35.9. The average molecular weight is 494 g/mol. The van der Waals surface area contributed by atoms with Gasteiger partial charge in [0, 0.05) is 25.0 Å². The molecule has 9 nitrogen and oxygen atoms in total. The highest BCUT2D eigenvalue weighted by Crippen LogP contribution is 2.49. The second-order valence-electron chi connectivity index (χ2n) is 9.37. The van der Waals surface area contributed by atoms with Crippen LogP contribution in [0.2, 0.25) is 0 Å². The molecule has 1 aliphatic heterocycles. The maximum absolute atomic E-state index is 12.7. The summed E-state index contributed by atoms with van der Waals surface area (Å²) < 4.78 is 18.4. The van der Waals surface area contributed by atoms with Crippen molar-refractivity contribution in [2.75, 3.05) is 6.61 Å². The molecule has 1 fully saturated rings. The van der Waals surface area contributed by atoms with Crippen LogP contribution in [-0.4, -0.2) is 51.7 Å². The lowest BCUT2D eigenvalue weighted by Gasteiger charge is -2.41.